The van der Waals surface area contributed by atoms with Gasteiger partial charge in [-0.3, -0.25) is 4.90 Å². The lowest BCUT2D eigenvalue weighted by atomic mass is 9.99. The molecule has 0 saturated carbocycles. The van der Waals surface area contributed by atoms with E-state index in [0.717, 1.165) is 13.1 Å². The predicted octanol–water partition coefficient (Wildman–Crippen LogP) is 2.41. The van der Waals surface area contributed by atoms with Gasteiger partial charge in [0.15, 0.2) is 0 Å². The molecule has 2 N–H and O–H groups in total. The predicted molar refractivity (Wildman–Crippen MR) is 79.3 cm³/mol. The summed E-state index contributed by atoms with van der Waals surface area (Å²) in [5.74, 6) is 0. The Morgan fingerprint density at radius 3 is 2.16 bits per heavy atom. The number of hydrogen-bond donors (Lipinski definition) is 1. The summed E-state index contributed by atoms with van der Waals surface area (Å²) in [6.45, 7) is 11.1. The SMILES string of the molecule is Cc1cc(C)cc(C(CN)N2CC(C)OC(C)C2)c1. The van der Waals surface area contributed by atoms with Crippen LogP contribution in [0.1, 0.15) is 36.6 Å². The molecule has 3 atom stereocenters. The summed E-state index contributed by atoms with van der Waals surface area (Å²) in [6.07, 6.45) is 0.562. The van der Waals surface area contributed by atoms with Crippen molar-refractivity contribution in [1.82, 2.24) is 4.90 Å². The molecule has 3 heteroatoms. The Hall–Kier alpha value is -0.900. The summed E-state index contributed by atoms with van der Waals surface area (Å²) in [4.78, 5) is 2.47. The second-order valence-corrected chi connectivity index (χ2v) is 5.88. The number of morpholine rings is 1. The lowest BCUT2D eigenvalue weighted by molar-refractivity contribution is -0.0799. The van der Waals surface area contributed by atoms with Crippen LogP contribution in [0.3, 0.4) is 0 Å². The Morgan fingerprint density at radius 2 is 1.68 bits per heavy atom. The smallest absolute Gasteiger partial charge is 0.0678 e. The number of benzene rings is 1. The second-order valence-electron chi connectivity index (χ2n) is 5.88. The average molecular weight is 262 g/mol. The molecule has 2 rings (SSSR count). The molecule has 3 nitrogen and oxygen atoms in total. The van der Waals surface area contributed by atoms with Crippen molar-refractivity contribution in [2.24, 2.45) is 5.73 Å². The summed E-state index contributed by atoms with van der Waals surface area (Å²) in [5, 5.41) is 0. The van der Waals surface area contributed by atoms with Crippen molar-refractivity contribution >= 4 is 0 Å². The molecule has 19 heavy (non-hydrogen) atoms. The number of hydrogen-bond acceptors (Lipinski definition) is 3. The molecule has 0 radical (unpaired) electrons. The van der Waals surface area contributed by atoms with E-state index in [9.17, 15) is 0 Å². The van der Waals surface area contributed by atoms with Crippen LogP contribution in [0.5, 0.6) is 0 Å². The van der Waals surface area contributed by atoms with Crippen LogP contribution in [0.15, 0.2) is 18.2 Å². The molecule has 1 aromatic rings. The van der Waals surface area contributed by atoms with Gasteiger partial charge in [-0.05, 0) is 33.3 Å². The molecule has 106 valence electrons. The van der Waals surface area contributed by atoms with Gasteiger partial charge in [0, 0.05) is 25.7 Å². The fourth-order valence-corrected chi connectivity index (χ4v) is 3.17. The van der Waals surface area contributed by atoms with Crippen LogP contribution in [0.25, 0.3) is 0 Å². The maximum absolute atomic E-state index is 6.04. The number of rotatable bonds is 3. The zero-order valence-corrected chi connectivity index (χ0v) is 12.5. The second kappa shape index (κ2) is 6.04. The van der Waals surface area contributed by atoms with Gasteiger partial charge in [0.25, 0.3) is 0 Å². The summed E-state index contributed by atoms with van der Waals surface area (Å²) in [7, 11) is 0. The van der Waals surface area contributed by atoms with Gasteiger partial charge in [-0.1, -0.05) is 29.3 Å². The van der Waals surface area contributed by atoms with Crippen molar-refractivity contribution in [2.45, 2.75) is 45.9 Å². The molecule has 0 spiro atoms. The zero-order chi connectivity index (χ0) is 14.0. The fourth-order valence-electron chi connectivity index (χ4n) is 3.17. The number of nitrogens with zero attached hydrogens (tertiary/aromatic N) is 1. The highest BCUT2D eigenvalue weighted by atomic mass is 16.5. The highest BCUT2D eigenvalue weighted by molar-refractivity contribution is 5.31. The minimum absolute atomic E-state index is 0.281. The molecular weight excluding hydrogens is 236 g/mol. The molecule has 1 aromatic carbocycles. The van der Waals surface area contributed by atoms with Gasteiger partial charge >= 0.3 is 0 Å². The standard InChI is InChI=1S/C16H26N2O/c1-11-5-12(2)7-15(6-11)16(8-17)18-9-13(3)19-14(4)10-18/h5-7,13-14,16H,8-10,17H2,1-4H3. The van der Waals surface area contributed by atoms with E-state index >= 15 is 0 Å². The van der Waals surface area contributed by atoms with Crippen molar-refractivity contribution in [3.8, 4) is 0 Å². The monoisotopic (exact) mass is 262 g/mol. The highest BCUT2D eigenvalue weighted by Crippen LogP contribution is 2.25. The molecule has 1 fully saturated rings. The van der Waals surface area contributed by atoms with Crippen molar-refractivity contribution in [3.63, 3.8) is 0 Å². The first kappa shape index (κ1) is 14.5. The first-order chi connectivity index (χ1) is 8.99. The van der Waals surface area contributed by atoms with Crippen LogP contribution in [-0.2, 0) is 4.74 Å². The molecule has 1 aliphatic heterocycles. The highest BCUT2D eigenvalue weighted by Gasteiger charge is 2.28. The number of ether oxygens (including phenoxy) is 1. The van der Waals surface area contributed by atoms with Gasteiger partial charge in [0.05, 0.1) is 12.2 Å². The van der Waals surface area contributed by atoms with Crippen molar-refractivity contribution in [2.75, 3.05) is 19.6 Å². The molecule has 0 bridgehead atoms. The molecule has 1 heterocycles. The van der Waals surface area contributed by atoms with Crippen LogP contribution in [0.2, 0.25) is 0 Å². The molecular formula is C16H26N2O. The van der Waals surface area contributed by atoms with Gasteiger partial charge in [-0.15, -0.1) is 0 Å². The third-order valence-electron chi connectivity index (χ3n) is 3.74. The normalized spacial score (nSPS) is 26.4. The van der Waals surface area contributed by atoms with Gasteiger partial charge in [0.1, 0.15) is 0 Å². The van der Waals surface area contributed by atoms with Gasteiger partial charge in [-0.25, -0.2) is 0 Å². The molecule has 1 aliphatic rings. The largest absolute Gasteiger partial charge is 0.373 e. The van der Waals surface area contributed by atoms with E-state index < -0.39 is 0 Å². The Bertz CT molecular complexity index is 403. The Balaban J connectivity index is 2.23. The first-order valence-corrected chi connectivity index (χ1v) is 7.17. The Kier molecular flexibility index (Phi) is 4.61. The van der Waals surface area contributed by atoms with Crippen LogP contribution in [0, 0.1) is 13.8 Å². The lowest BCUT2D eigenvalue weighted by Crippen LogP contribution is -2.48. The number of nitrogens with two attached hydrogens (primary N) is 1. The topological polar surface area (TPSA) is 38.5 Å². The van der Waals surface area contributed by atoms with E-state index in [0.29, 0.717) is 12.6 Å². The fraction of sp³-hybridized carbons (Fsp3) is 0.625. The van der Waals surface area contributed by atoms with Gasteiger partial charge in [-0.2, -0.15) is 0 Å². The minimum Gasteiger partial charge on any atom is -0.373 e. The first-order valence-electron chi connectivity index (χ1n) is 7.17. The van der Waals surface area contributed by atoms with Crippen molar-refractivity contribution in [3.05, 3.63) is 34.9 Å². The minimum atomic E-state index is 0.281. The summed E-state index contributed by atoms with van der Waals surface area (Å²) < 4.78 is 5.81. The molecule has 1 saturated heterocycles. The van der Waals surface area contributed by atoms with Crippen LogP contribution < -0.4 is 5.73 Å². The Morgan fingerprint density at radius 1 is 1.16 bits per heavy atom. The summed E-state index contributed by atoms with van der Waals surface area (Å²) >= 11 is 0. The summed E-state index contributed by atoms with van der Waals surface area (Å²) in [5.41, 5.74) is 10.00. The van der Waals surface area contributed by atoms with E-state index in [2.05, 4.69) is 50.8 Å². The summed E-state index contributed by atoms with van der Waals surface area (Å²) in [6, 6.07) is 7.03. The van der Waals surface area contributed by atoms with E-state index in [1.54, 1.807) is 0 Å². The van der Waals surface area contributed by atoms with Crippen molar-refractivity contribution < 1.29 is 4.74 Å². The van der Waals surface area contributed by atoms with Gasteiger partial charge in [0.2, 0.25) is 0 Å². The average Bonchev–Trinajstić information content (AvgIpc) is 2.27. The lowest BCUT2D eigenvalue weighted by Gasteiger charge is -2.40. The molecule has 0 aliphatic carbocycles. The van der Waals surface area contributed by atoms with E-state index in [1.807, 2.05) is 0 Å². The third-order valence-corrected chi connectivity index (χ3v) is 3.74. The molecule has 0 aromatic heterocycles. The quantitative estimate of drug-likeness (QED) is 0.909. The maximum atomic E-state index is 6.04. The number of aryl methyl sites for hydroxylation is 2. The van der Waals surface area contributed by atoms with Crippen LogP contribution in [0.4, 0.5) is 0 Å². The van der Waals surface area contributed by atoms with Crippen LogP contribution >= 0.6 is 0 Å². The van der Waals surface area contributed by atoms with E-state index in [-0.39, 0.29) is 12.2 Å². The van der Waals surface area contributed by atoms with Crippen LogP contribution in [-0.4, -0.2) is 36.7 Å². The van der Waals surface area contributed by atoms with Crippen molar-refractivity contribution in [1.29, 1.82) is 0 Å². The van der Waals surface area contributed by atoms with Gasteiger partial charge < -0.3 is 10.5 Å². The third kappa shape index (κ3) is 3.56. The van der Waals surface area contributed by atoms with E-state index in [1.165, 1.54) is 16.7 Å². The maximum Gasteiger partial charge on any atom is 0.0678 e. The molecule has 3 unspecified atom stereocenters. The van der Waals surface area contributed by atoms with E-state index in [4.69, 9.17) is 10.5 Å². The Labute approximate surface area is 116 Å². The molecule has 0 amide bonds. The zero-order valence-electron chi connectivity index (χ0n) is 12.5.